The Kier molecular flexibility index (Phi) is 4.30. The number of carbonyl (C=O) groups is 2. The summed E-state index contributed by atoms with van der Waals surface area (Å²) >= 11 is 0. The largest absolute Gasteiger partial charge is 0.480 e. The van der Waals surface area contributed by atoms with Crippen LogP contribution in [0.2, 0.25) is 0 Å². The first-order valence-electron chi connectivity index (χ1n) is 4.94. The highest BCUT2D eigenvalue weighted by Gasteiger charge is 2.34. The van der Waals surface area contributed by atoms with E-state index in [0.29, 0.717) is 0 Å². The molecule has 0 heterocycles. The molecule has 98 valence electrons. The van der Waals surface area contributed by atoms with E-state index in [0.717, 1.165) is 6.07 Å². The van der Waals surface area contributed by atoms with Gasteiger partial charge in [0.05, 0.1) is 5.56 Å². The zero-order valence-electron chi connectivity index (χ0n) is 9.07. The summed E-state index contributed by atoms with van der Waals surface area (Å²) in [7, 11) is 0. The van der Waals surface area contributed by atoms with E-state index >= 15 is 0 Å². The van der Waals surface area contributed by atoms with E-state index in [9.17, 15) is 22.8 Å². The number of hydrogen-bond acceptors (Lipinski definition) is 2. The molecule has 0 aliphatic carbocycles. The molecule has 4 nitrogen and oxygen atoms in total. The number of hydrogen-bond donors (Lipinski definition) is 2. The van der Waals surface area contributed by atoms with E-state index in [1.807, 2.05) is 5.32 Å². The first-order valence-corrected chi connectivity index (χ1v) is 4.94. The lowest BCUT2D eigenvalue weighted by Crippen LogP contribution is -2.38. The second-order valence-corrected chi connectivity index (χ2v) is 3.53. The number of alkyl halides is 3. The van der Waals surface area contributed by atoms with E-state index in [1.165, 1.54) is 18.2 Å². The van der Waals surface area contributed by atoms with Gasteiger partial charge < -0.3 is 10.4 Å². The molecule has 0 unspecified atom stereocenters. The van der Waals surface area contributed by atoms with Gasteiger partial charge in [-0.1, -0.05) is 18.2 Å². The van der Waals surface area contributed by atoms with Gasteiger partial charge in [-0.05, 0) is 11.6 Å². The average Bonchev–Trinajstić information content (AvgIpc) is 2.27. The monoisotopic (exact) mass is 261 g/mol. The van der Waals surface area contributed by atoms with Crippen molar-refractivity contribution in [1.82, 2.24) is 5.32 Å². The number of carboxylic acids is 1. The lowest BCUT2D eigenvalue weighted by Gasteiger charge is -2.16. The van der Waals surface area contributed by atoms with Crippen molar-refractivity contribution < 1.29 is 27.9 Å². The van der Waals surface area contributed by atoms with Gasteiger partial charge in [-0.15, -0.1) is 0 Å². The molecular weight excluding hydrogens is 251 g/mol. The summed E-state index contributed by atoms with van der Waals surface area (Å²) in [5, 5.41) is 10.7. The molecule has 7 heteroatoms. The Hall–Kier alpha value is -2.05. The number of benzene rings is 1. The van der Waals surface area contributed by atoms with Crippen molar-refractivity contribution in [2.24, 2.45) is 0 Å². The molecule has 0 fully saturated rings. The topological polar surface area (TPSA) is 66.4 Å². The van der Waals surface area contributed by atoms with Gasteiger partial charge in [0.1, 0.15) is 6.04 Å². The van der Waals surface area contributed by atoms with Gasteiger partial charge in [0.2, 0.25) is 6.41 Å². The van der Waals surface area contributed by atoms with Gasteiger partial charge in [0.25, 0.3) is 0 Å². The van der Waals surface area contributed by atoms with Gasteiger partial charge in [0, 0.05) is 6.42 Å². The number of carbonyl (C=O) groups excluding carboxylic acids is 1. The van der Waals surface area contributed by atoms with Crippen molar-refractivity contribution >= 4 is 12.4 Å². The van der Waals surface area contributed by atoms with E-state index in [2.05, 4.69) is 0 Å². The van der Waals surface area contributed by atoms with Crippen LogP contribution >= 0.6 is 0 Å². The van der Waals surface area contributed by atoms with Crippen LogP contribution in [0.1, 0.15) is 11.1 Å². The van der Waals surface area contributed by atoms with Crippen LogP contribution in [0.4, 0.5) is 13.2 Å². The fourth-order valence-corrected chi connectivity index (χ4v) is 1.49. The highest BCUT2D eigenvalue weighted by Crippen LogP contribution is 2.32. The van der Waals surface area contributed by atoms with E-state index in [4.69, 9.17) is 5.11 Å². The summed E-state index contributed by atoms with van der Waals surface area (Å²) in [5.41, 5.74) is -1.07. The van der Waals surface area contributed by atoms with Gasteiger partial charge in [-0.2, -0.15) is 13.2 Å². The molecule has 2 N–H and O–H groups in total. The number of halogens is 3. The summed E-state index contributed by atoms with van der Waals surface area (Å²) < 4.78 is 37.9. The quantitative estimate of drug-likeness (QED) is 0.788. The second-order valence-electron chi connectivity index (χ2n) is 3.53. The van der Waals surface area contributed by atoms with E-state index < -0.39 is 30.2 Å². The lowest BCUT2D eigenvalue weighted by molar-refractivity contribution is -0.142. The SMILES string of the molecule is O=CN[C@@H](Cc1ccccc1C(F)(F)F)C(=O)O. The summed E-state index contributed by atoms with van der Waals surface area (Å²) in [6, 6.07) is 3.27. The van der Waals surface area contributed by atoms with Crippen LogP contribution in [0.3, 0.4) is 0 Å². The van der Waals surface area contributed by atoms with Crippen molar-refractivity contribution in [3.05, 3.63) is 35.4 Å². The molecule has 1 aromatic rings. The van der Waals surface area contributed by atoms with Crippen molar-refractivity contribution in [1.29, 1.82) is 0 Å². The molecule has 0 bridgehead atoms. The molecule has 0 aromatic heterocycles. The third-order valence-corrected chi connectivity index (χ3v) is 2.31. The Morgan fingerprint density at radius 3 is 2.50 bits per heavy atom. The molecule has 1 aromatic carbocycles. The third-order valence-electron chi connectivity index (χ3n) is 2.31. The average molecular weight is 261 g/mol. The fraction of sp³-hybridized carbons (Fsp3) is 0.273. The van der Waals surface area contributed by atoms with Crippen LogP contribution in [0.15, 0.2) is 24.3 Å². The molecule has 1 rings (SSSR count). The molecule has 1 atom stereocenters. The van der Waals surface area contributed by atoms with Crippen LogP contribution in [0.5, 0.6) is 0 Å². The zero-order valence-corrected chi connectivity index (χ0v) is 9.07. The van der Waals surface area contributed by atoms with Crippen molar-refractivity contribution in [3.63, 3.8) is 0 Å². The Balaban J connectivity index is 3.03. The molecule has 0 aliphatic rings. The highest BCUT2D eigenvalue weighted by atomic mass is 19.4. The molecule has 0 spiro atoms. The molecule has 0 saturated heterocycles. The predicted octanol–water partition coefficient (Wildman–Crippen LogP) is 1.45. The fourth-order valence-electron chi connectivity index (χ4n) is 1.49. The Labute approximate surface area is 100 Å². The number of amides is 1. The maximum Gasteiger partial charge on any atom is 0.416 e. The molecule has 18 heavy (non-hydrogen) atoms. The van der Waals surface area contributed by atoms with Gasteiger partial charge >= 0.3 is 12.1 Å². The number of aliphatic carboxylic acids is 1. The summed E-state index contributed by atoms with van der Waals surface area (Å²) in [4.78, 5) is 20.9. The standard InChI is InChI=1S/C11H10F3NO3/c12-11(13,14)8-4-2-1-3-7(8)5-9(10(17)18)15-6-16/h1-4,6,9H,5H2,(H,15,16)(H,17,18)/t9-/m0/s1. The summed E-state index contributed by atoms with van der Waals surface area (Å²) in [6.07, 6.45) is -4.83. The number of rotatable bonds is 5. The van der Waals surface area contributed by atoms with Gasteiger partial charge in [0.15, 0.2) is 0 Å². The summed E-state index contributed by atoms with van der Waals surface area (Å²) in [5.74, 6) is -1.39. The Morgan fingerprint density at radius 1 is 1.39 bits per heavy atom. The molecule has 0 aliphatic heterocycles. The van der Waals surface area contributed by atoms with Crippen LogP contribution in [0, 0.1) is 0 Å². The normalized spacial score (nSPS) is 12.8. The van der Waals surface area contributed by atoms with Crippen molar-refractivity contribution in [2.75, 3.05) is 0 Å². The predicted molar refractivity (Wildman–Crippen MR) is 55.8 cm³/mol. The minimum atomic E-state index is -4.55. The minimum Gasteiger partial charge on any atom is -0.480 e. The van der Waals surface area contributed by atoms with Crippen LogP contribution < -0.4 is 5.32 Å². The molecule has 0 radical (unpaired) electrons. The maximum absolute atomic E-state index is 12.6. The van der Waals surface area contributed by atoms with Crippen LogP contribution in [0.25, 0.3) is 0 Å². The number of nitrogens with one attached hydrogen (secondary N) is 1. The Morgan fingerprint density at radius 2 is 2.00 bits per heavy atom. The molecule has 0 saturated carbocycles. The highest BCUT2D eigenvalue weighted by molar-refractivity contribution is 5.76. The van der Waals surface area contributed by atoms with Gasteiger partial charge in [-0.25, -0.2) is 4.79 Å². The van der Waals surface area contributed by atoms with Crippen LogP contribution in [-0.4, -0.2) is 23.5 Å². The van der Waals surface area contributed by atoms with Gasteiger partial charge in [-0.3, -0.25) is 4.79 Å². The van der Waals surface area contributed by atoms with E-state index in [-0.39, 0.29) is 12.0 Å². The molecule has 1 amide bonds. The minimum absolute atomic E-state index is 0.148. The van der Waals surface area contributed by atoms with E-state index in [1.54, 1.807) is 0 Å². The zero-order chi connectivity index (χ0) is 13.8. The van der Waals surface area contributed by atoms with Crippen LogP contribution in [-0.2, 0) is 22.2 Å². The lowest BCUT2D eigenvalue weighted by atomic mass is 10.00. The summed E-state index contributed by atoms with van der Waals surface area (Å²) in [6.45, 7) is 0. The smallest absolute Gasteiger partial charge is 0.416 e. The molecular formula is C11H10F3NO3. The van der Waals surface area contributed by atoms with Crippen molar-refractivity contribution in [2.45, 2.75) is 18.6 Å². The number of carboxylic acid groups (broad SMARTS) is 1. The second kappa shape index (κ2) is 5.52. The Bertz CT molecular complexity index is 445. The first-order chi connectivity index (χ1) is 8.36. The maximum atomic E-state index is 12.6. The first kappa shape index (κ1) is 14.0. The third kappa shape index (κ3) is 3.47. The van der Waals surface area contributed by atoms with Crippen molar-refractivity contribution in [3.8, 4) is 0 Å².